The Hall–Kier alpha value is -0.830. The fourth-order valence-corrected chi connectivity index (χ4v) is 2.43. The first kappa shape index (κ1) is 15.2. The van der Waals surface area contributed by atoms with Gasteiger partial charge in [-0.3, -0.25) is 0 Å². The molecule has 0 N–H and O–H groups in total. The van der Waals surface area contributed by atoms with E-state index in [-0.39, 0.29) is 17.5 Å². The standard InChI is InChI=1S/C15H26O3/c1-6-7-10-18-12-9-8-11(15(2,3)4)13(12)14(16)17-5/h12H,6-10H2,1-5H3. The predicted octanol–water partition coefficient (Wildman–Crippen LogP) is 3.48. The molecule has 0 fully saturated rings. The molecule has 0 bridgehead atoms. The molecule has 1 unspecified atom stereocenters. The summed E-state index contributed by atoms with van der Waals surface area (Å²) in [4.78, 5) is 12.0. The molecule has 0 aliphatic heterocycles. The Morgan fingerprint density at radius 2 is 2.06 bits per heavy atom. The molecule has 3 nitrogen and oxygen atoms in total. The quantitative estimate of drug-likeness (QED) is 0.556. The minimum atomic E-state index is -0.223. The third-order valence-corrected chi connectivity index (χ3v) is 3.43. The molecule has 0 aromatic carbocycles. The van der Waals surface area contributed by atoms with E-state index >= 15 is 0 Å². The van der Waals surface area contributed by atoms with E-state index in [9.17, 15) is 4.79 Å². The van der Waals surface area contributed by atoms with Crippen molar-refractivity contribution in [2.45, 2.75) is 59.5 Å². The van der Waals surface area contributed by atoms with Crippen LogP contribution in [0.5, 0.6) is 0 Å². The van der Waals surface area contributed by atoms with Gasteiger partial charge in [0.25, 0.3) is 0 Å². The van der Waals surface area contributed by atoms with Gasteiger partial charge in [-0.15, -0.1) is 0 Å². The molecule has 18 heavy (non-hydrogen) atoms. The number of hydrogen-bond acceptors (Lipinski definition) is 3. The van der Waals surface area contributed by atoms with Gasteiger partial charge >= 0.3 is 5.97 Å². The lowest BCUT2D eigenvalue weighted by Gasteiger charge is -2.22. The lowest BCUT2D eigenvalue weighted by Crippen LogP contribution is -2.22. The third-order valence-electron chi connectivity index (χ3n) is 3.43. The van der Waals surface area contributed by atoms with Gasteiger partial charge in [-0.25, -0.2) is 4.79 Å². The second-order valence-electron chi connectivity index (χ2n) is 5.89. The number of carbonyl (C=O) groups is 1. The van der Waals surface area contributed by atoms with Crippen molar-refractivity contribution in [3.63, 3.8) is 0 Å². The number of esters is 1. The van der Waals surface area contributed by atoms with Crippen molar-refractivity contribution < 1.29 is 14.3 Å². The lowest BCUT2D eigenvalue weighted by molar-refractivity contribution is -0.137. The second kappa shape index (κ2) is 6.37. The van der Waals surface area contributed by atoms with Crippen molar-refractivity contribution in [2.75, 3.05) is 13.7 Å². The van der Waals surface area contributed by atoms with E-state index in [0.29, 0.717) is 0 Å². The van der Waals surface area contributed by atoms with E-state index in [0.717, 1.165) is 37.9 Å². The molecule has 1 atom stereocenters. The highest BCUT2D eigenvalue weighted by Crippen LogP contribution is 2.40. The van der Waals surface area contributed by atoms with E-state index < -0.39 is 0 Å². The molecule has 1 rings (SSSR count). The molecule has 104 valence electrons. The van der Waals surface area contributed by atoms with Crippen LogP contribution in [-0.2, 0) is 14.3 Å². The van der Waals surface area contributed by atoms with Crippen LogP contribution < -0.4 is 0 Å². The summed E-state index contributed by atoms with van der Waals surface area (Å²) in [6.07, 6.45) is 3.91. The third kappa shape index (κ3) is 3.58. The minimum Gasteiger partial charge on any atom is -0.466 e. The van der Waals surface area contributed by atoms with E-state index in [1.165, 1.54) is 12.7 Å². The molecule has 1 aliphatic rings. The summed E-state index contributed by atoms with van der Waals surface area (Å²) >= 11 is 0. The predicted molar refractivity (Wildman–Crippen MR) is 72.4 cm³/mol. The highest BCUT2D eigenvalue weighted by atomic mass is 16.5. The van der Waals surface area contributed by atoms with Gasteiger partial charge in [-0.1, -0.05) is 39.7 Å². The Kier molecular flexibility index (Phi) is 5.39. The van der Waals surface area contributed by atoms with Gasteiger partial charge in [-0.05, 0) is 24.7 Å². The van der Waals surface area contributed by atoms with Gasteiger partial charge in [0.2, 0.25) is 0 Å². The highest BCUT2D eigenvalue weighted by Gasteiger charge is 2.36. The Balaban J connectivity index is 2.88. The maximum atomic E-state index is 12.0. The van der Waals surface area contributed by atoms with Crippen molar-refractivity contribution >= 4 is 5.97 Å². The summed E-state index contributed by atoms with van der Waals surface area (Å²) in [5.74, 6) is -0.223. The summed E-state index contributed by atoms with van der Waals surface area (Å²) in [5, 5.41) is 0. The molecule has 1 aliphatic carbocycles. The lowest BCUT2D eigenvalue weighted by atomic mass is 9.84. The summed E-state index contributed by atoms with van der Waals surface area (Å²) in [6.45, 7) is 9.27. The number of hydrogen-bond donors (Lipinski definition) is 0. The fourth-order valence-electron chi connectivity index (χ4n) is 2.43. The van der Waals surface area contributed by atoms with Crippen molar-refractivity contribution in [3.8, 4) is 0 Å². The average molecular weight is 254 g/mol. The molecule has 0 spiro atoms. The van der Waals surface area contributed by atoms with Crippen molar-refractivity contribution in [1.82, 2.24) is 0 Å². The van der Waals surface area contributed by atoms with Gasteiger partial charge in [0.15, 0.2) is 0 Å². The van der Waals surface area contributed by atoms with Crippen LogP contribution >= 0.6 is 0 Å². The Labute approximate surface area is 111 Å². The van der Waals surface area contributed by atoms with Crippen LogP contribution in [0.1, 0.15) is 53.4 Å². The summed E-state index contributed by atoms with van der Waals surface area (Å²) in [6, 6.07) is 0. The monoisotopic (exact) mass is 254 g/mol. The van der Waals surface area contributed by atoms with Crippen LogP contribution in [0.3, 0.4) is 0 Å². The van der Waals surface area contributed by atoms with Crippen LogP contribution in [-0.4, -0.2) is 25.8 Å². The topological polar surface area (TPSA) is 35.5 Å². The van der Waals surface area contributed by atoms with Crippen LogP contribution in [0.4, 0.5) is 0 Å². The first-order valence-corrected chi connectivity index (χ1v) is 6.85. The number of methoxy groups -OCH3 is 1. The molecule has 0 heterocycles. The zero-order chi connectivity index (χ0) is 13.8. The van der Waals surface area contributed by atoms with Crippen LogP contribution in [0.25, 0.3) is 0 Å². The summed E-state index contributed by atoms with van der Waals surface area (Å²) < 4.78 is 10.8. The molecule has 0 saturated carbocycles. The molecule has 0 aromatic heterocycles. The summed E-state index contributed by atoms with van der Waals surface area (Å²) in [7, 11) is 1.44. The van der Waals surface area contributed by atoms with Crippen molar-refractivity contribution in [3.05, 3.63) is 11.1 Å². The van der Waals surface area contributed by atoms with E-state index in [4.69, 9.17) is 9.47 Å². The van der Waals surface area contributed by atoms with Crippen LogP contribution in [0, 0.1) is 5.41 Å². The van der Waals surface area contributed by atoms with Crippen LogP contribution in [0.2, 0.25) is 0 Å². The molecular weight excluding hydrogens is 228 g/mol. The maximum absolute atomic E-state index is 12.0. The van der Waals surface area contributed by atoms with E-state index in [2.05, 4.69) is 27.7 Å². The highest BCUT2D eigenvalue weighted by molar-refractivity contribution is 5.91. The number of unbranched alkanes of at least 4 members (excludes halogenated alkanes) is 1. The fraction of sp³-hybridized carbons (Fsp3) is 0.800. The van der Waals surface area contributed by atoms with Gasteiger partial charge in [0, 0.05) is 6.61 Å². The minimum absolute atomic E-state index is 0.00634. The molecule has 0 saturated heterocycles. The normalized spacial score (nSPS) is 20.4. The number of carbonyl (C=O) groups excluding carboxylic acids is 1. The van der Waals surface area contributed by atoms with Crippen LogP contribution in [0.15, 0.2) is 11.1 Å². The van der Waals surface area contributed by atoms with E-state index in [1.807, 2.05) is 0 Å². The smallest absolute Gasteiger partial charge is 0.336 e. The average Bonchev–Trinajstić information content (AvgIpc) is 2.72. The molecule has 0 radical (unpaired) electrons. The first-order chi connectivity index (χ1) is 8.41. The number of ether oxygens (including phenoxy) is 2. The second-order valence-corrected chi connectivity index (χ2v) is 5.89. The molecular formula is C15H26O3. The Bertz CT molecular complexity index is 323. The summed E-state index contributed by atoms with van der Waals surface area (Å²) in [5.41, 5.74) is 1.96. The zero-order valence-electron chi connectivity index (χ0n) is 12.3. The maximum Gasteiger partial charge on any atom is 0.336 e. The molecule has 0 amide bonds. The number of allylic oxidation sites excluding steroid dienone is 1. The van der Waals surface area contributed by atoms with E-state index in [1.54, 1.807) is 0 Å². The zero-order valence-corrected chi connectivity index (χ0v) is 12.3. The number of rotatable bonds is 5. The van der Waals surface area contributed by atoms with Gasteiger partial charge in [-0.2, -0.15) is 0 Å². The van der Waals surface area contributed by atoms with Crippen molar-refractivity contribution in [2.24, 2.45) is 5.41 Å². The van der Waals surface area contributed by atoms with Gasteiger partial charge < -0.3 is 9.47 Å². The molecule has 3 heteroatoms. The van der Waals surface area contributed by atoms with Gasteiger partial charge in [0.05, 0.1) is 18.8 Å². The van der Waals surface area contributed by atoms with Gasteiger partial charge in [0.1, 0.15) is 0 Å². The molecule has 0 aromatic rings. The Morgan fingerprint density at radius 3 is 2.56 bits per heavy atom. The largest absolute Gasteiger partial charge is 0.466 e. The van der Waals surface area contributed by atoms with Crippen molar-refractivity contribution in [1.29, 1.82) is 0 Å². The first-order valence-electron chi connectivity index (χ1n) is 6.85. The SMILES string of the molecule is CCCCOC1CCC(C(C)(C)C)=C1C(=O)OC. The Morgan fingerprint density at radius 1 is 1.39 bits per heavy atom.